The number of hydrogen-bond donors (Lipinski definition) is 2. The highest BCUT2D eigenvalue weighted by molar-refractivity contribution is 6.05. The number of aliphatic carboxylic acids is 1. The molecule has 4 aromatic rings. The lowest BCUT2D eigenvalue weighted by molar-refractivity contribution is -0.139. The van der Waals surface area contributed by atoms with Gasteiger partial charge in [-0.3, -0.25) is 4.79 Å². The second-order valence-electron chi connectivity index (χ2n) is 8.10. The number of aliphatic imine (C=N–C) groups is 1. The molecule has 2 unspecified atom stereocenters. The van der Waals surface area contributed by atoms with Crippen LogP contribution in [0.4, 0.5) is 17.3 Å². The molecule has 5 rings (SSSR count). The van der Waals surface area contributed by atoms with Gasteiger partial charge in [0.25, 0.3) is 0 Å². The molecular weight excluding hydrogens is 428 g/mol. The first kappa shape index (κ1) is 21.3. The third-order valence-electron chi connectivity index (χ3n) is 5.96. The highest BCUT2D eigenvalue weighted by Gasteiger charge is 2.41. The largest absolute Gasteiger partial charge is 0.481 e. The zero-order chi connectivity index (χ0) is 23.7. The van der Waals surface area contributed by atoms with E-state index in [-0.39, 0.29) is 0 Å². The summed E-state index contributed by atoms with van der Waals surface area (Å²) in [5.41, 5.74) is 2.65. The lowest BCUT2D eigenvalue weighted by Gasteiger charge is -2.32. The van der Waals surface area contributed by atoms with Crippen molar-refractivity contribution in [2.24, 2.45) is 10.9 Å². The van der Waals surface area contributed by atoms with Crippen LogP contribution in [0.1, 0.15) is 24.0 Å². The number of anilines is 2. The Morgan fingerprint density at radius 1 is 0.912 bits per heavy atom. The van der Waals surface area contributed by atoms with E-state index in [0.717, 1.165) is 11.3 Å². The molecule has 1 aromatic heterocycles. The molecule has 0 amide bonds. The normalized spacial score (nSPS) is 16.9. The molecule has 0 fully saturated rings. The summed E-state index contributed by atoms with van der Waals surface area (Å²) >= 11 is 0. The lowest BCUT2D eigenvalue weighted by atomic mass is 9.76. The highest BCUT2D eigenvalue weighted by atomic mass is 16.4. The Morgan fingerprint density at radius 2 is 1.50 bits per heavy atom. The number of carbonyl (C=O) groups is 1. The van der Waals surface area contributed by atoms with E-state index in [1.807, 2.05) is 78.9 Å². The van der Waals surface area contributed by atoms with Crippen molar-refractivity contribution in [3.8, 4) is 5.69 Å². The van der Waals surface area contributed by atoms with E-state index >= 15 is 0 Å². The van der Waals surface area contributed by atoms with Crippen LogP contribution in [0.5, 0.6) is 0 Å². The third kappa shape index (κ3) is 3.77. The minimum Gasteiger partial charge on any atom is -0.481 e. The summed E-state index contributed by atoms with van der Waals surface area (Å²) in [4.78, 5) is 34.8. The van der Waals surface area contributed by atoms with Crippen LogP contribution >= 0.6 is 0 Å². The molecule has 3 aromatic carbocycles. The Morgan fingerprint density at radius 3 is 2.12 bits per heavy atom. The number of para-hydroxylation sites is 2. The van der Waals surface area contributed by atoms with Crippen LogP contribution in [0.2, 0.25) is 0 Å². The quantitative estimate of drug-likeness (QED) is 0.450. The minimum atomic E-state index is -0.983. The van der Waals surface area contributed by atoms with Crippen LogP contribution in [0.25, 0.3) is 5.69 Å². The van der Waals surface area contributed by atoms with Gasteiger partial charge >= 0.3 is 11.7 Å². The first-order chi connectivity index (χ1) is 16.5. The second kappa shape index (κ2) is 8.78. The van der Waals surface area contributed by atoms with Crippen molar-refractivity contribution >= 4 is 29.0 Å². The molecule has 1 aliphatic rings. The molecule has 0 radical (unpaired) electrons. The number of fused-ring (bicyclic) bond motifs is 1. The number of benzene rings is 3. The number of aromatic nitrogens is 2. The Labute approximate surface area is 196 Å². The van der Waals surface area contributed by atoms with Crippen molar-refractivity contribution in [2.45, 2.75) is 12.8 Å². The maximum atomic E-state index is 13.3. The van der Waals surface area contributed by atoms with Gasteiger partial charge < -0.3 is 10.4 Å². The van der Waals surface area contributed by atoms with Crippen LogP contribution < -0.4 is 11.0 Å². The van der Waals surface area contributed by atoms with Gasteiger partial charge in [-0.25, -0.2) is 14.4 Å². The maximum Gasteiger partial charge on any atom is 0.355 e. The first-order valence-corrected chi connectivity index (χ1v) is 10.9. The van der Waals surface area contributed by atoms with Crippen molar-refractivity contribution in [3.63, 3.8) is 0 Å². The zero-order valence-corrected chi connectivity index (χ0v) is 18.4. The topological polar surface area (TPSA) is 96.6 Å². The summed E-state index contributed by atoms with van der Waals surface area (Å²) in [6.45, 7) is 1.70. The lowest BCUT2D eigenvalue weighted by Crippen LogP contribution is -2.35. The predicted molar refractivity (Wildman–Crippen MR) is 132 cm³/mol. The molecule has 1 aliphatic heterocycles. The second-order valence-corrected chi connectivity index (χ2v) is 8.10. The summed E-state index contributed by atoms with van der Waals surface area (Å²) in [5.74, 6) is -1.80. The van der Waals surface area contributed by atoms with E-state index in [0.29, 0.717) is 28.6 Å². The summed E-state index contributed by atoms with van der Waals surface area (Å²) in [5, 5.41) is 13.4. The van der Waals surface area contributed by atoms with Crippen LogP contribution in [0.3, 0.4) is 0 Å². The van der Waals surface area contributed by atoms with Crippen molar-refractivity contribution in [2.75, 3.05) is 5.32 Å². The predicted octanol–water partition coefficient (Wildman–Crippen LogP) is 4.91. The number of nitrogens with one attached hydrogen (secondary N) is 1. The zero-order valence-electron chi connectivity index (χ0n) is 18.4. The maximum absolute atomic E-state index is 13.3. The van der Waals surface area contributed by atoms with Gasteiger partial charge in [0.15, 0.2) is 0 Å². The Hall–Kier alpha value is -4.52. The number of nitrogens with zero attached hydrogens (tertiary/aromatic N) is 3. The summed E-state index contributed by atoms with van der Waals surface area (Å²) in [6.07, 6.45) is 0. The Kier molecular flexibility index (Phi) is 5.51. The van der Waals surface area contributed by atoms with Gasteiger partial charge in [-0.05, 0) is 36.8 Å². The smallest absolute Gasteiger partial charge is 0.355 e. The van der Waals surface area contributed by atoms with Crippen LogP contribution in [0.15, 0.2) is 101 Å². The number of carboxylic acids is 1. The van der Waals surface area contributed by atoms with Crippen LogP contribution in [-0.2, 0) is 4.79 Å². The highest BCUT2D eigenvalue weighted by Crippen LogP contribution is 2.46. The molecule has 0 bridgehead atoms. The van der Waals surface area contributed by atoms with E-state index in [9.17, 15) is 14.7 Å². The van der Waals surface area contributed by atoms with Crippen LogP contribution in [-0.4, -0.2) is 26.3 Å². The number of rotatable bonds is 5. The fourth-order valence-electron chi connectivity index (χ4n) is 4.47. The molecule has 7 nitrogen and oxygen atoms in total. The molecule has 2 N–H and O–H groups in total. The van der Waals surface area contributed by atoms with Gasteiger partial charge in [-0.15, -0.1) is 0 Å². The van der Waals surface area contributed by atoms with Crippen molar-refractivity contribution < 1.29 is 9.90 Å². The van der Waals surface area contributed by atoms with Gasteiger partial charge in [0.2, 0.25) is 0 Å². The van der Waals surface area contributed by atoms with Gasteiger partial charge in [-0.1, -0.05) is 66.7 Å². The SMILES string of the molecule is CC1=Nc2c(c(Nc3ccccc3)nc(=O)n2-c2ccccc2)C(c2ccccc2)C1C(=O)O. The van der Waals surface area contributed by atoms with Crippen molar-refractivity contribution in [1.29, 1.82) is 0 Å². The van der Waals surface area contributed by atoms with E-state index in [1.165, 1.54) is 4.57 Å². The number of hydrogen-bond acceptors (Lipinski definition) is 5. The summed E-state index contributed by atoms with van der Waals surface area (Å²) in [7, 11) is 0. The van der Waals surface area contributed by atoms with Crippen molar-refractivity contribution in [3.05, 3.63) is 113 Å². The molecule has 0 saturated heterocycles. The monoisotopic (exact) mass is 450 g/mol. The molecule has 0 saturated carbocycles. The summed E-state index contributed by atoms with van der Waals surface area (Å²) in [6, 6.07) is 27.9. The van der Waals surface area contributed by atoms with Crippen molar-refractivity contribution in [1.82, 2.24) is 9.55 Å². The minimum absolute atomic E-state index is 0.301. The molecular formula is C27H22N4O3. The van der Waals surface area contributed by atoms with E-state index in [2.05, 4.69) is 15.3 Å². The van der Waals surface area contributed by atoms with Gasteiger partial charge in [0.05, 0.1) is 5.69 Å². The van der Waals surface area contributed by atoms with Gasteiger partial charge in [0.1, 0.15) is 17.6 Å². The van der Waals surface area contributed by atoms with E-state index < -0.39 is 23.5 Å². The molecule has 2 atom stereocenters. The third-order valence-corrected chi connectivity index (χ3v) is 5.96. The number of carboxylic acid groups (broad SMARTS) is 1. The fraction of sp³-hybridized carbons (Fsp3) is 0.111. The van der Waals surface area contributed by atoms with E-state index in [1.54, 1.807) is 19.1 Å². The Bertz CT molecular complexity index is 1430. The molecule has 34 heavy (non-hydrogen) atoms. The molecule has 0 spiro atoms. The molecule has 7 heteroatoms. The van der Waals surface area contributed by atoms with E-state index in [4.69, 9.17) is 0 Å². The first-order valence-electron chi connectivity index (χ1n) is 10.9. The molecule has 168 valence electrons. The van der Waals surface area contributed by atoms with Gasteiger partial charge in [0, 0.05) is 22.9 Å². The molecule has 0 aliphatic carbocycles. The standard InChI is InChI=1S/C27H22N4O3/c1-17-21(26(32)33)22(18-11-5-2-6-12-18)23-24(29-19-13-7-3-8-14-19)30-27(34)31(25(23)28-17)20-15-9-4-10-16-20/h2-16,21-22H,1H3,(H,32,33)(H,29,30,34). The van der Waals surface area contributed by atoms with Gasteiger partial charge in [-0.2, -0.15) is 4.98 Å². The summed E-state index contributed by atoms with van der Waals surface area (Å²) < 4.78 is 1.45. The fourth-order valence-corrected chi connectivity index (χ4v) is 4.47. The Balaban J connectivity index is 1.85. The molecule has 2 heterocycles. The average molecular weight is 450 g/mol. The average Bonchev–Trinajstić information content (AvgIpc) is 2.85. The van der Waals surface area contributed by atoms with Crippen LogP contribution in [0, 0.1) is 5.92 Å².